The lowest BCUT2D eigenvalue weighted by Gasteiger charge is -2.28. The maximum Gasteiger partial charge on any atom is 0.338 e. The van der Waals surface area contributed by atoms with Crippen LogP contribution in [0.1, 0.15) is 44.1 Å². The third-order valence-corrected chi connectivity index (χ3v) is 7.63. The van der Waals surface area contributed by atoms with Crippen molar-refractivity contribution in [2.45, 2.75) is 32.7 Å². The zero-order valence-electron chi connectivity index (χ0n) is 22.7. The Hall–Kier alpha value is -4.11. The van der Waals surface area contributed by atoms with Gasteiger partial charge in [0.1, 0.15) is 17.6 Å². The molecule has 0 bridgehead atoms. The molecule has 9 heteroatoms. The summed E-state index contributed by atoms with van der Waals surface area (Å²) in [7, 11) is 5.37. The van der Waals surface area contributed by atoms with Gasteiger partial charge in [-0.05, 0) is 36.2 Å². The van der Waals surface area contributed by atoms with E-state index >= 15 is 0 Å². The van der Waals surface area contributed by atoms with E-state index in [9.17, 15) is 9.59 Å². The number of thiazole rings is 1. The first-order chi connectivity index (χ1) is 18.9. The SMILES string of the molecule is CCCC1=C(C(=O)OCC)[C@H](c2c(OC)ccc3ccccc23)n2c(s/c(=C\c3ccc(N(C)C)o3)c2=O)=N1. The molecule has 2 aromatic carbocycles. The zero-order chi connectivity index (χ0) is 27.7. The monoisotopic (exact) mass is 545 g/mol. The van der Waals surface area contributed by atoms with Gasteiger partial charge in [-0.15, -0.1) is 0 Å². The Morgan fingerprint density at radius 1 is 1.15 bits per heavy atom. The van der Waals surface area contributed by atoms with Crippen molar-refractivity contribution in [2.24, 2.45) is 4.99 Å². The number of benzene rings is 2. The molecular formula is C30H31N3O5S. The van der Waals surface area contributed by atoms with E-state index in [2.05, 4.69) is 0 Å². The van der Waals surface area contributed by atoms with Gasteiger partial charge in [-0.3, -0.25) is 9.36 Å². The number of anilines is 1. The molecule has 0 saturated carbocycles. The average molecular weight is 546 g/mol. The van der Waals surface area contributed by atoms with E-state index in [1.54, 1.807) is 24.7 Å². The molecule has 4 aromatic rings. The summed E-state index contributed by atoms with van der Waals surface area (Å²) >= 11 is 1.28. The van der Waals surface area contributed by atoms with Crippen LogP contribution in [0.15, 0.2) is 74.0 Å². The van der Waals surface area contributed by atoms with Crippen LogP contribution in [0.5, 0.6) is 5.75 Å². The minimum Gasteiger partial charge on any atom is -0.496 e. The number of hydrogen-bond acceptors (Lipinski definition) is 8. The molecular weight excluding hydrogens is 514 g/mol. The van der Waals surface area contributed by atoms with E-state index in [-0.39, 0.29) is 12.2 Å². The molecule has 8 nitrogen and oxygen atoms in total. The molecule has 1 atom stereocenters. The molecule has 3 heterocycles. The number of esters is 1. The number of allylic oxidation sites excluding steroid dienone is 1. The minimum absolute atomic E-state index is 0.207. The number of carbonyl (C=O) groups is 1. The van der Waals surface area contributed by atoms with Crippen molar-refractivity contribution in [3.63, 3.8) is 0 Å². The van der Waals surface area contributed by atoms with Crippen LogP contribution in [0.3, 0.4) is 0 Å². The van der Waals surface area contributed by atoms with Gasteiger partial charge in [-0.1, -0.05) is 55.0 Å². The van der Waals surface area contributed by atoms with Crippen molar-refractivity contribution >= 4 is 40.0 Å². The number of aromatic nitrogens is 1. The fourth-order valence-corrected chi connectivity index (χ4v) is 5.92. The van der Waals surface area contributed by atoms with Gasteiger partial charge < -0.3 is 18.8 Å². The molecule has 5 rings (SSSR count). The lowest BCUT2D eigenvalue weighted by atomic mass is 9.90. The van der Waals surface area contributed by atoms with Crippen molar-refractivity contribution in [2.75, 3.05) is 32.7 Å². The van der Waals surface area contributed by atoms with E-state index in [0.717, 1.165) is 22.8 Å². The normalized spacial score (nSPS) is 15.3. The fraction of sp³-hybridized carbons (Fsp3) is 0.300. The first kappa shape index (κ1) is 26.5. The molecule has 2 aromatic heterocycles. The van der Waals surface area contributed by atoms with Crippen LogP contribution in [-0.2, 0) is 9.53 Å². The van der Waals surface area contributed by atoms with Gasteiger partial charge in [-0.2, -0.15) is 0 Å². The van der Waals surface area contributed by atoms with Crippen LogP contribution in [0.25, 0.3) is 16.8 Å². The fourth-order valence-electron chi connectivity index (χ4n) is 4.92. The summed E-state index contributed by atoms with van der Waals surface area (Å²) in [6.07, 6.45) is 3.06. The van der Waals surface area contributed by atoms with Crippen LogP contribution >= 0.6 is 11.3 Å². The summed E-state index contributed by atoms with van der Waals surface area (Å²) in [4.78, 5) is 34.9. The smallest absolute Gasteiger partial charge is 0.338 e. The molecule has 0 saturated heterocycles. The second-order valence-electron chi connectivity index (χ2n) is 9.39. The van der Waals surface area contributed by atoms with E-state index in [1.165, 1.54) is 11.3 Å². The summed E-state index contributed by atoms with van der Waals surface area (Å²) < 4.78 is 19.3. The molecule has 202 valence electrons. The molecule has 0 fully saturated rings. The molecule has 0 N–H and O–H groups in total. The van der Waals surface area contributed by atoms with Gasteiger partial charge in [0.05, 0.1) is 29.5 Å². The van der Waals surface area contributed by atoms with Gasteiger partial charge >= 0.3 is 5.97 Å². The molecule has 0 aliphatic carbocycles. The van der Waals surface area contributed by atoms with E-state index in [0.29, 0.717) is 44.4 Å². The van der Waals surface area contributed by atoms with Gasteiger partial charge in [0, 0.05) is 31.8 Å². The van der Waals surface area contributed by atoms with Crippen LogP contribution in [0.2, 0.25) is 0 Å². The summed E-state index contributed by atoms with van der Waals surface area (Å²) in [5.41, 5.74) is 1.44. The highest BCUT2D eigenvalue weighted by atomic mass is 32.1. The molecule has 0 radical (unpaired) electrons. The molecule has 0 spiro atoms. The van der Waals surface area contributed by atoms with Gasteiger partial charge in [0.15, 0.2) is 10.7 Å². The predicted molar refractivity (Wildman–Crippen MR) is 153 cm³/mol. The molecule has 0 amide bonds. The van der Waals surface area contributed by atoms with Gasteiger partial charge in [-0.25, -0.2) is 9.79 Å². The highest BCUT2D eigenvalue weighted by molar-refractivity contribution is 7.07. The summed E-state index contributed by atoms with van der Waals surface area (Å²) in [6, 6.07) is 14.6. The van der Waals surface area contributed by atoms with Crippen molar-refractivity contribution < 1.29 is 18.7 Å². The molecule has 0 unspecified atom stereocenters. The number of nitrogens with zero attached hydrogens (tertiary/aromatic N) is 3. The minimum atomic E-state index is -0.779. The third-order valence-electron chi connectivity index (χ3n) is 6.64. The highest BCUT2D eigenvalue weighted by Crippen LogP contribution is 2.41. The van der Waals surface area contributed by atoms with E-state index < -0.39 is 12.0 Å². The van der Waals surface area contributed by atoms with Crippen molar-refractivity contribution in [1.29, 1.82) is 0 Å². The maximum absolute atomic E-state index is 14.1. The van der Waals surface area contributed by atoms with Gasteiger partial charge in [0.2, 0.25) is 0 Å². The largest absolute Gasteiger partial charge is 0.496 e. The lowest BCUT2D eigenvalue weighted by molar-refractivity contribution is -0.139. The summed E-state index contributed by atoms with van der Waals surface area (Å²) in [6.45, 7) is 4.01. The van der Waals surface area contributed by atoms with E-state index in [1.807, 2.05) is 74.4 Å². The van der Waals surface area contributed by atoms with Crippen LogP contribution < -0.4 is 24.5 Å². The van der Waals surface area contributed by atoms with Crippen LogP contribution in [-0.4, -0.2) is 38.3 Å². The Kier molecular flexibility index (Phi) is 7.43. The number of fused-ring (bicyclic) bond motifs is 2. The zero-order valence-corrected chi connectivity index (χ0v) is 23.5. The van der Waals surface area contributed by atoms with Crippen LogP contribution in [0, 0.1) is 0 Å². The Morgan fingerprint density at radius 2 is 1.95 bits per heavy atom. The highest BCUT2D eigenvalue weighted by Gasteiger charge is 2.37. The standard InChI is InChI=1S/C30H31N3O5S/c1-6-10-21-26(29(35)37-7-2)27(25-20-12-9-8-11-18(20)13-15-22(25)36-5)33-28(34)23(39-30(33)31-21)17-19-14-16-24(38-19)32(3)4/h8-9,11-17,27H,6-7,10H2,1-5H3/b23-17-/t27-/m0/s1. The molecule has 1 aliphatic heterocycles. The average Bonchev–Trinajstić information content (AvgIpc) is 3.52. The third kappa shape index (κ3) is 4.78. The lowest BCUT2D eigenvalue weighted by Crippen LogP contribution is -2.40. The number of rotatable bonds is 8. The summed E-state index contributed by atoms with van der Waals surface area (Å²) in [5.74, 6) is 1.33. The van der Waals surface area contributed by atoms with Crippen molar-refractivity contribution in [3.05, 3.63) is 90.8 Å². The van der Waals surface area contributed by atoms with Crippen molar-refractivity contribution in [1.82, 2.24) is 4.57 Å². The number of furan rings is 1. The number of hydrogen-bond donors (Lipinski definition) is 0. The predicted octanol–water partition coefficient (Wildman–Crippen LogP) is 4.40. The van der Waals surface area contributed by atoms with Crippen LogP contribution in [0.4, 0.5) is 5.88 Å². The maximum atomic E-state index is 14.1. The summed E-state index contributed by atoms with van der Waals surface area (Å²) in [5, 5.41) is 1.86. The molecule has 1 aliphatic rings. The Balaban J connectivity index is 1.85. The number of ether oxygens (including phenoxy) is 2. The first-order valence-corrected chi connectivity index (χ1v) is 13.7. The van der Waals surface area contributed by atoms with Gasteiger partial charge in [0.25, 0.3) is 5.56 Å². The van der Waals surface area contributed by atoms with Crippen molar-refractivity contribution in [3.8, 4) is 5.75 Å². The number of methoxy groups -OCH3 is 1. The Bertz CT molecular complexity index is 1760. The topological polar surface area (TPSA) is 86.3 Å². The Labute approximate surface area is 230 Å². The molecule has 39 heavy (non-hydrogen) atoms. The quantitative estimate of drug-likeness (QED) is 0.305. The second-order valence-corrected chi connectivity index (χ2v) is 10.4. The Morgan fingerprint density at radius 3 is 2.64 bits per heavy atom. The second kappa shape index (κ2) is 10.9. The van der Waals surface area contributed by atoms with E-state index in [4.69, 9.17) is 18.9 Å². The number of carbonyl (C=O) groups excluding carboxylic acids is 1. The first-order valence-electron chi connectivity index (χ1n) is 12.9.